The topological polar surface area (TPSA) is 17.1 Å². The van der Waals surface area contributed by atoms with Crippen LogP contribution in [0, 0.1) is 11.3 Å². The maximum Gasteiger partial charge on any atom is 0.169 e. The molecule has 1 aromatic rings. The van der Waals surface area contributed by atoms with Gasteiger partial charge in [0.2, 0.25) is 0 Å². The third-order valence-electron chi connectivity index (χ3n) is 4.59. The van der Waals surface area contributed by atoms with Crippen molar-refractivity contribution in [2.24, 2.45) is 11.3 Å². The van der Waals surface area contributed by atoms with Gasteiger partial charge in [-0.25, -0.2) is 0 Å². The summed E-state index contributed by atoms with van der Waals surface area (Å²) in [5.74, 6) is 1.55. The van der Waals surface area contributed by atoms with Gasteiger partial charge in [0.1, 0.15) is 0 Å². The molecular weight excluding hydrogens is 208 g/mol. The zero-order chi connectivity index (χ0) is 12.0. The van der Waals surface area contributed by atoms with E-state index in [0.717, 1.165) is 18.4 Å². The summed E-state index contributed by atoms with van der Waals surface area (Å²) in [5.41, 5.74) is 2.30. The first kappa shape index (κ1) is 11.0. The van der Waals surface area contributed by atoms with E-state index >= 15 is 0 Å². The fourth-order valence-corrected chi connectivity index (χ4v) is 4.14. The third-order valence-corrected chi connectivity index (χ3v) is 4.59. The molecule has 0 aromatic heterocycles. The zero-order valence-corrected chi connectivity index (χ0v) is 10.7. The Kier molecular flexibility index (Phi) is 2.39. The molecule has 1 heteroatoms. The van der Waals surface area contributed by atoms with Crippen molar-refractivity contribution in [2.45, 2.75) is 45.4 Å². The molecule has 3 rings (SSSR count). The molecule has 0 spiro atoms. The number of rotatable bonds is 2. The highest BCUT2D eigenvalue weighted by Gasteiger charge is 2.54. The largest absolute Gasteiger partial charge is 0.294 e. The molecule has 0 radical (unpaired) electrons. The summed E-state index contributed by atoms with van der Waals surface area (Å²) in [6, 6.07) is 8.28. The van der Waals surface area contributed by atoms with Gasteiger partial charge in [0.05, 0.1) is 0 Å². The fourth-order valence-electron chi connectivity index (χ4n) is 4.14. The Balaban J connectivity index is 2.09. The fraction of sp³-hybridized carbons (Fsp3) is 0.562. The van der Waals surface area contributed by atoms with Crippen LogP contribution < -0.4 is 0 Å². The van der Waals surface area contributed by atoms with Crippen LogP contribution in [0.2, 0.25) is 0 Å². The van der Waals surface area contributed by atoms with Gasteiger partial charge in [-0.2, -0.15) is 0 Å². The standard InChI is InChI=1S/C16H20O/c1-11(2)10-16-9-5-8-14(16)12-6-3-4-7-13(12)15(16)17/h3-4,6-7,11,14H,5,8-10H2,1-2H3. The molecule has 0 heterocycles. The monoisotopic (exact) mass is 228 g/mol. The van der Waals surface area contributed by atoms with E-state index in [1.807, 2.05) is 12.1 Å². The molecule has 2 unspecified atom stereocenters. The van der Waals surface area contributed by atoms with E-state index < -0.39 is 0 Å². The van der Waals surface area contributed by atoms with Gasteiger partial charge in [0.15, 0.2) is 5.78 Å². The van der Waals surface area contributed by atoms with Crippen LogP contribution in [0.3, 0.4) is 0 Å². The van der Waals surface area contributed by atoms with Crippen molar-refractivity contribution >= 4 is 5.78 Å². The lowest BCUT2D eigenvalue weighted by Gasteiger charge is -2.29. The van der Waals surface area contributed by atoms with E-state index in [9.17, 15) is 4.79 Å². The van der Waals surface area contributed by atoms with Gasteiger partial charge in [-0.3, -0.25) is 4.79 Å². The molecule has 2 aliphatic carbocycles. The van der Waals surface area contributed by atoms with Crippen LogP contribution in [0.1, 0.15) is 61.4 Å². The SMILES string of the molecule is CC(C)CC12CCCC1c1ccccc1C2=O. The van der Waals surface area contributed by atoms with Crippen molar-refractivity contribution in [3.05, 3.63) is 35.4 Å². The van der Waals surface area contributed by atoms with Gasteiger partial charge in [0, 0.05) is 11.0 Å². The van der Waals surface area contributed by atoms with Crippen LogP contribution in [0.4, 0.5) is 0 Å². The number of hydrogen-bond acceptors (Lipinski definition) is 1. The van der Waals surface area contributed by atoms with Gasteiger partial charge < -0.3 is 0 Å². The third kappa shape index (κ3) is 1.41. The molecule has 2 aliphatic rings. The molecule has 0 amide bonds. The Morgan fingerprint density at radius 1 is 1.35 bits per heavy atom. The van der Waals surface area contributed by atoms with E-state index in [4.69, 9.17) is 0 Å². The second-order valence-corrected chi connectivity index (χ2v) is 6.12. The summed E-state index contributed by atoms with van der Waals surface area (Å²) in [5, 5.41) is 0. The molecule has 1 saturated carbocycles. The minimum atomic E-state index is -0.0438. The van der Waals surface area contributed by atoms with E-state index in [1.165, 1.54) is 18.4 Å². The van der Waals surface area contributed by atoms with Crippen molar-refractivity contribution in [3.8, 4) is 0 Å². The van der Waals surface area contributed by atoms with Gasteiger partial charge in [-0.15, -0.1) is 0 Å². The number of carbonyl (C=O) groups excluding carboxylic acids is 1. The van der Waals surface area contributed by atoms with Crippen LogP contribution >= 0.6 is 0 Å². The molecule has 0 bridgehead atoms. The Bertz CT molecular complexity index is 460. The highest BCUT2D eigenvalue weighted by molar-refractivity contribution is 6.06. The van der Waals surface area contributed by atoms with E-state index in [-0.39, 0.29) is 5.41 Å². The molecule has 1 fully saturated rings. The van der Waals surface area contributed by atoms with Crippen molar-refractivity contribution in [1.82, 2.24) is 0 Å². The van der Waals surface area contributed by atoms with Crippen LogP contribution in [-0.2, 0) is 0 Å². The number of ketones is 1. The van der Waals surface area contributed by atoms with E-state index in [1.54, 1.807) is 0 Å². The second-order valence-electron chi connectivity index (χ2n) is 6.12. The summed E-state index contributed by atoms with van der Waals surface area (Å²) < 4.78 is 0. The molecule has 1 nitrogen and oxygen atoms in total. The lowest BCUT2D eigenvalue weighted by molar-refractivity contribution is 0.0766. The first-order valence-corrected chi connectivity index (χ1v) is 6.79. The van der Waals surface area contributed by atoms with Crippen LogP contribution in [-0.4, -0.2) is 5.78 Å². The lowest BCUT2D eigenvalue weighted by Crippen LogP contribution is -2.29. The second kappa shape index (κ2) is 3.69. The number of benzene rings is 1. The number of fused-ring (bicyclic) bond motifs is 3. The Morgan fingerprint density at radius 2 is 2.12 bits per heavy atom. The highest BCUT2D eigenvalue weighted by atomic mass is 16.1. The molecule has 0 saturated heterocycles. The predicted molar refractivity (Wildman–Crippen MR) is 69.3 cm³/mol. The van der Waals surface area contributed by atoms with Crippen molar-refractivity contribution < 1.29 is 4.79 Å². The average Bonchev–Trinajstić information content (AvgIpc) is 2.79. The minimum absolute atomic E-state index is 0.0438. The molecule has 2 atom stereocenters. The molecule has 90 valence electrons. The first-order chi connectivity index (χ1) is 8.15. The highest BCUT2D eigenvalue weighted by Crippen LogP contribution is 2.59. The molecular formula is C16H20O. The number of carbonyl (C=O) groups is 1. The van der Waals surface area contributed by atoms with Gasteiger partial charge >= 0.3 is 0 Å². The van der Waals surface area contributed by atoms with Crippen molar-refractivity contribution in [2.75, 3.05) is 0 Å². The van der Waals surface area contributed by atoms with Crippen LogP contribution in [0.5, 0.6) is 0 Å². The first-order valence-electron chi connectivity index (χ1n) is 6.79. The average molecular weight is 228 g/mol. The number of hydrogen-bond donors (Lipinski definition) is 0. The Hall–Kier alpha value is -1.11. The maximum atomic E-state index is 12.7. The predicted octanol–water partition coefficient (Wildman–Crippen LogP) is 4.18. The molecule has 17 heavy (non-hydrogen) atoms. The molecule has 1 aromatic carbocycles. The van der Waals surface area contributed by atoms with E-state index in [0.29, 0.717) is 17.6 Å². The molecule has 0 N–H and O–H groups in total. The summed E-state index contributed by atoms with van der Waals surface area (Å²) in [4.78, 5) is 12.7. The molecule has 0 aliphatic heterocycles. The van der Waals surface area contributed by atoms with Crippen molar-refractivity contribution in [3.63, 3.8) is 0 Å². The Labute approximate surface area is 103 Å². The van der Waals surface area contributed by atoms with Crippen LogP contribution in [0.25, 0.3) is 0 Å². The van der Waals surface area contributed by atoms with Gasteiger partial charge in [0.25, 0.3) is 0 Å². The van der Waals surface area contributed by atoms with Gasteiger partial charge in [-0.1, -0.05) is 44.5 Å². The summed E-state index contributed by atoms with van der Waals surface area (Å²) in [6.45, 7) is 4.47. The summed E-state index contributed by atoms with van der Waals surface area (Å²) in [7, 11) is 0. The van der Waals surface area contributed by atoms with Crippen molar-refractivity contribution in [1.29, 1.82) is 0 Å². The van der Waals surface area contributed by atoms with E-state index in [2.05, 4.69) is 26.0 Å². The van der Waals surface area contributed by atoms with Crippen LogP contribution in [0.15, 0.2) is 24.3 Å². The smallest absolute Gasteiger partial charge is 0.169 e. The maximum absolute atomic E-state index is 12.7. The summed E-state index contributed by atoms with van der Waals surface area (Å²) >= 11 is 0. The normalized spacial score (nSPS) is 30.8. The number of Topliss-reactive ketones (excluding diaryl/α,β-unsaturated/α-hetero) is 1. The van der Waals surface area contributed by atoms with Gasteiger partial charge in [-0.05, 0) is 36.7 Å². The quantitative estimate of drug-likeness (QED) is 0.742. The lowest BCUT2D eigenvalue weighted by atomic mass is 9.72. The Morgan fingerprint density at radius 3 is 2.88 bits per heavy atom. The summed E-state index contributed by atoms with van der Waals surface area (Å²) in [6.07, 6.45) is 4.58. The zero-order valence-electron chi connectivity index (χ0n) is 10.7. The minimum Gasteiger partial charge on any atom is -0.294 e.